The van der Waals surface area contributed by atoms with Gasteiger partial charge in [0.15, 0.2) is 0 Å². The number of nitrogens with zero attached hydrogens (tertiary/aromatic N) is 4. The van der Waals surface area contributed by atoms with E-state index in [2.05, 4.69) is 21.9 Å². The van der Waals surface area contributed by atoms with Gasteiger partial charge in [0.05, 0.1) is 13.2 Å². The van der Waals surface area contributed by atoms with E-state index in [9.17, 15) is 15.0 Å². The summed E-state index contributed by atoms with van der Waals surface area (Å²) in [7, 11) is 0. The lowest BCUT2D eigenvalue weighted by molar-refractivity contribution is 0.0774. The van der Waals surface area contributed by atoms with Crippen LogP contribution < -0.4 is 9.74 Å². The Kier molecular flexibility index (Phi) is 5.79. The molecular weight excluding hydrogens is 436 g/mol. The van der Waals surface area contributed by atoms with Crippen LogP contribution in [0, 0.1) is 11.8 Å². The van der Waals surface area contributed by atoms with E-state index in [-0.39, 0.29) is 11.8 Å². The molecule has 9 nitrogen and oxygen atoms in total. The number of anilines is 1. The van der Waals surface area contributed by atoms with Crippen LogP contribution in [0.2, 0.25) is 5.02 Å². The third kappa shape index (κ3) is 4.20. The summed E-state index contributed by atoms with van der Waals surface area (Å²) in [4.78, 5) is 23.9. The zero-order valence-electron chi connectivity index (χ0n) is 17.7. The minimum absolute atomic E-state index is 0.321. The largest absolute Gasteiger partial charge is 0.492 e. The van der Waals surface area contributed by atoms with Crippen LogP contribution in [0.25, 0.3) is 0 Å². The van der Waals surface area contributed by atoms with Crippen molar-refractivity contribution in [3.63, 3.8) is 0 Å². The molecule has 0 bridgehead atoms. The molecule has 2 unspecified atom stereocenters. The maximum atomic E-state index is 12.4. The number of halogens is 1. The normalized spacial score (nSPS) is 23.5. The van der Waals surface area contributed by atoms with Gasteiger partial charge in [-0.3, -0.25) is 4.90 Å². The van der Waals surface area contributed by atoms with Crippen molar-refractivity contribution in [3.05, 3.63) is 40.9 Å². The second-order valence-corrected chi connectivity index (χ2v) is 9.10. The minimum Gasteiger partial charge on any atom is -0.492 e. The number of likely N-dealkylation sites (tertiary alicyclic amines) is 2. The van der Waals surface area contributed by atoms with E-state index in [1.165, 1.54) is 12.1 Å². The number of fused-ring (bicyclic) bond motifs is 1. The lowest BCUT2D eigenvalue weighted by atomic mass is 10.0. The molecule has 1 aromatic heterocycles. The number of ether oxygens (including phenoxy) is 1. The van der Waals surface area contributed by atoms with Crippen LogP contribution in [-0.4, -0.2) is 83.3 Å². The molecule has 0 spiro atoms. The van der Waals surface area contributed by atoms with Gasteiger partial charge in [0.25, 0.3) is 0 Å². The fourth-order valence-electron chi connectivity index (χ4n) is 4.92. The Morgan fingerprint density at radius 2 is 1.69 bits per heavy atom. The van der Waals surface area contributed by atoms with E-state index in [0.29, 0.717) is 24.9 Å². The minimum atomic E-state index is -0.575. The number of benzene rings is 1. The number of carbonyl (C=O) groups is 1. The first-order chi connectivity index (χ1) is 15.5. The van der Waals surface area contributed by atoms with Crippen molar-refractivity contribution < 1.29 is 24.6 Å². The summed E-state index contributed by atoms with van der Waals surface area (Å²) in [5.74, 6) is 0.0810. The number of carbonyl (C=O) groups excluding carboxylic acids is 1. The van der Waals surface area contributed by atoms with E-state index in [4.69, 9.17) is 21.2 Å². The molecule has 2 N–H and O–H groups in total. The van der Waals surface area contributed by atoms with Crippen LogP contribution in [0.1, 0.15) is 5.56 Å². The molecule has 3 aliphatic rings. The monoisotopic (exact) mass is 462 g/mol. The predicted octanol–water partition coefficient (Wildman–Crippen LogP) is 2.00. The lowest BCUT2D eigenvalue weighted by Gasteiger charge is -2.29. The first-order valence-corrected chi connectivity index (χ1v) is 11.3. The van der Waals surface area contributed by atoms with Gasteiger partial charge in [-0.2, -0.15) is 0 Å². The zero-order valence-corrected chi connectivity index (χ0v) is 18.4. The molecule has 1 aromatic carbocycles. The summed E-state index contributed by atoms with van der Waals surface area (Å²) in [5, 5.41) is 20.1. The quantitative estimate of drug-likeness (QED) is 0.718. The molecule has 3 aliphatic heterocycles. The van der Waals surface area contributed by atoms with Crippen LogP contribution in [-0.2, 0) is 11.3 Å². The Balaban J connectivity index is 1.15. The number of aromatic hydroxyl groups is 2. The Bertz CT molecular complexity index is 959. The number of hydrogen-bond acceptors (Lipinski definition) is 7. The highest BCUT2D eigenvalue weighted by atomic mass is 35.5. The number of hydrogen-bond donors (Lipinski definition) is 2. The van der Waals surface area contributed by atoms with Crippen LogP contribution in [0.4, 0.5) is 10.5 Å². The molecule has 2 atom stereocenters. The molecule has 4 heterocycles. The summed E-state index contributed by atoms with van der Waals surface area (Å²) in [5.41, 5.74) is 2.24. The van der Waals surface area contributed by atoms with E-state index in [1.54, 1.807) is 4.90 Å². The topological polar surface area (TPSA) is 90.6 Å². The van der Waals surface area contributed by atoms with E-state index in [0.717, 1.165) is 66.9 Å². The first-order valence-electron chi connectivity index (χ1n) is 10.9. The van der Waals surface area contributed by atoms with Gasteiger partial charge >= 0.3 is 6.09 Å². The van der Waals surface area contributed by atoms with E-state index >= 15 is 0 Å². The molecule has 0 saturated carbocycles. The Morgan fingerprint density at radius 1 is 1.03 bits per heavy atom. The number of amides is 1. The summed E-state index contributed by atoms with van der Waals surface area (Å²) in [6, 6.07) is 8.81. The lowest BCUT2D eigenvalue weighted by Crippen LogP contribution is -2.37. The first kappa shape index (κ1) is 21.2. The van der Waals surface area contributed by atoms with Gasteiger partial charge in [0, 0.05) is 68.7 Å². The molecule has 0 aliphatic carbocycles. The molecule has 3 fully saturated rings. The van der Waals surface area contributed by atoms with Crippen molar-refractivity contribution in [1.29, 1.82) is 0 Å². The molecule has 10 heteroatoms. The van der Waals surface area contributed by atoms with Gasteiger partial charge in [0.2, 0.25) is 11.8 Å². The van der Waals surface area contributed by atoms with Gasteiger partial charge < -0.3 is 29.6 Å². The van der Waals surface area contributed by atoms with Crippen LogP contribution >= 0.6 is 11.6 Å². The summed E-state index contributed by atoms with van der Waals surface area (Å²) in [6.07, 6.45) is -0.575. The summed E-state index contributed by atoms with van der Waals surface area (Å²) in [6.45, 7) is 6.99. The van der Waals surface area contributed by atoms with Crippen molar-refractivity contribution in [2.24, 2.45) is 11.8 Å². The van der Waals surface area contributed by atoms with E-state index in [1.807, 2.05) is 6.07 Å². The number of morpholine rings is 1. The molecular formula is C22H27ClN4O5. The maximum Gasteiger partial charge on any atom is 0.434 e. The fourth-order valence-corrected chi connectivity index (χ4v) is 5.16. The molecule has 172 valence electrons. The van der Waals surface area contributed by atoms with Gasteiger partial charge in [-0.05, 0) is 29.5 Å². The summed E-state index contributed by atoms with van der Waals surface area (Å²) < 4.78 is 6.15. The highest BCUT2D eigenvalue weighted by Gasteiger charge is 2.42. The fraction of sp³-hybridized carbons (Fsp3) is 0.500. The second-order valence-electron chi connectivity index (χ2n) is 8.70. The number of aromatic nitrogens is 1. The smallest absolute Gasteiger partial charge is 0.434 e. The van der Waals surface area contributed by atoms with Crippen molar-refractivity contribution in [1.82, 2.24) is 14.5 Å². The third-order valence-electron chi connectivity index (χ3n) is 6.59. The SMILES string of the molecule is O=C(On1c(O)ccc1O)N1CC2CN(Cc3ccc(N4CCOCC4)cc3Cl)CC2C1. The molecule has 32 heavy (non-hydrogen) atoms. The standard InChI is InChI=1S/C22H27ClN4O5/c23-19-9-18(25-5-7-31-8-6-25)2-1-15(19)10-24-11-16-13-26(14-17(16)12-24)22(30)32-27-20(28)3-4-21(27)29/h1-4,9,16-17,28-29H,5-8,10-14H2. The maximum absolute atomic E-state index is 12.4. The van der Waals surface area contributed by atoms with Crippen molar-refractivity contribution >= 4 is 23.4 Å². The van der Waals surface area contributed by atoms with Crippen LogP contribution in [0.3, 0.4) is 0 Å². The van der Waals surface area contributed by atoms with Gasteiger partial charge in [-0.15, -0.1) is 4.73 Å². The average Bonchev–Trinajstić information content (AvgIpc) is 3.45. The molecule has 3 saturated heterocycles. The zero-order chi connectivity index (χ0) is 22.2. The van der Waals surface area contributed by atoms with Crippen molar-refractivity contribution in [3.8, 4) is 11.8 Å². The average molecular weight is 463 g/mol. The molecule has 1 amide bonds. The highest BCUT2D eigenvalue weighted by Crippen LogP contribution is 2.34. The van der Waals surface area contributed by atoms with Gasteiger partial charge in [0.1, 0.15) is 0 Å². The van der Waals surface area contributed by atoms with Crippen molar-refractivity contribution in [2.75, 3.05) is 57.4 Å². The van der Waals surface area contributed by atoms with Crippen LogP contribution in [0.15, 0.2) is 30.3 Å². The Morgan fingerprint density at radius 3 is 2.31 bits per heavy atom. The van der Waals surface area contributed by atoms with Crippen molar-refractivity contribution in [2.45, 2.75) is 6.54 Å². The van der Waals surface area contributed by atoms with Gasteiger partial charge in [-0.1, -0.05) is 17.7 Å². The summed E-state index contributed by atoms with van der Waals surface area (Å²) >= 11 is 6.61. The second kappa shape index (κ2) is 8.73. The molecule has 0 radical (unpaired) electrons. The Hall–Kier alpha value is -2.62. The predicted molar refractivity (Wildman–Crippen MR) is 118 cm³/mol. The molecule has 5 rings (SSSR count). The molecule has 2 aromatic rings. The third-order valence-corrected chi connectivity index (χ3v) is 6.95. The van der Waals surface area contributed by atoms with Gasteiger partial charge in [-0.25, -0.2) is 4.79 Å². The number of rotatable bonds is 4. The highest BCUT2D eigenvalue weighted by molar-refractivity contribution is 6.31. The Labute approximate surface area is 191 Å². The van der Waals surface area contributed by atoms with E-state index < -0.39 is 6.09 Å². The van der Waals surface area contributed by atoms with Crippen LogP contribution in [0.5, 0.6) is 11.8 Å².